The molecule has 2 aliphatic rings. The maximum Gasteiger partial charge on any atom is 0.348 e. The Morgan fingerprint density at radius 2 is 0.800 bits per heavy atom. The number of esters is 2. The van der Waals surface area contributed by atoms with E-state index in [9.17, 15) is 18.4 Å². The van der Waals surface area contributed by atoms with E-state index in [0.717, 1.165) is 55.0 Å². The zero-order valence-corrected chi connectivity index (χ0v) is 26.0. The average molecular weight is 657 g/mol. The second kappa shape index (κ2) is 10.3. The molecular weight excluding hydrogens is 634 g/mol. The number of rotatable bonds is 4. The third-order valence-corrected chi connectivity index (χ3v) is 9.54. The van der Waals surface area contributed by atoms with Gasteiger partial charge in [0.2, 0.25) is 0 Å². The van der Waals surface area contributed by atoms with Gasteiger partial charge in [-0.25, -0.2) is 18.4 Å². The molecule has 0 atom stereocenters. The first kappa shape index (κ1) is 28.2. The van der Waals surface area contributed by atoms with Crippen molar-refractivity contribution in [1.29, 1.82) is 0 Å². The Bertz CT molecular complexity index is 2660. The van der Waals surface area contributed by atoms with E-state index in [2.05, 4.69) is 0 Å². The summed E-state index contributed by atoms with van der Waals surface area (Å²) >= 11 is 0. The molecule has 4 heterocycles. The van der Waals surface area contributed by atoms with E-state index in [1.807, 2.05) is 81.9 Å². The Morgan fingerprint density at radius 1 is 0.420 bits per heavy atom. The van der Waals surface area contributed by atoms with E-state index in [1.54, 1.807) is 36.4 Å². The number of cyclic esters (lactones) is 2. The van der Waals surface area contributed by atoms with Crippen LogP contribution in [0.4, 0.5) is 8.78 Å². The summed E-state index contributed by atoms with van der Waals surface area (Å²) < 4.78 is 43.3. The highest BCUT2D eigenvalue weighted by Gasteiger charge is 2.45. The highest BCUT2D eigenvalue weighted by molar-refractivity contribution is 6.25. The van der Waals surface area contributed by atoms with Gasteiger partial charge in [-0.15, -0.1) is 0 Å². The Kier molecular flexibility index (Phi) is 5.84. The summed E-state index contributed by atoms with van der Waals surface area (Å²) in [5.74, 6) is -1.70. The second-order valence-corrected chi connectivity index (χ2v) is 12.3. The van der Waals surface area contributed by atoms with Crippen molar-refractivity contribution in [2.24, 2.45) is 0 Å². The zero-order chi connectivity index (χ0) is 33.7. The number of hydrogen-bond donors (Lipinski definition) is 0. The predicted octanol–water partition coefficient (Wildman–Crippen LogP) is 9.39. The smallest absolute Gasteiger partial charge is 0.348 e. The number of carbonyl (C=O) groups excluding carboxylic acids is 2. The van der Waals surface area contributed by atoms with E-state index in [1.165, 1.54) is 24.3 Å². The molecular formula is C42H22F2N2O4. The van der Waals surface area contributed by atoms with Crippen LogP contribution in [0.15, 0.2) is 145 Å². The number of para-hydroxylation sites is 2. The van der Waals surface area contributed by atoms with Crippen LogP contribution in [0.3, 0.4) is 0 Å². The van der Waals surface area contributed by atoms with Crippen LogP contribution in [0.25, 0.3) is 66.5 Å². The number of ether oxygens (including phenoxy) is 2. The summed E-state index contributed by atoms with van der Waals surface area (Å²) in [5, 5.41) is 3.64. The molecule has 0 unspecified atom stereocenters. The highest BCUT2D eigenvalue weighted by Crippen LogP contribution is 2.45. The largest absolute Gasteiger partial charge is 0.421 e. The van der Waals surface area contributed by atoms with Gasteiger partial charge in [0.25, 0.3) is 0 Å². The molecule has 0 saturated carbocycles. The number of halogens is 2. The van der Waals surface area contributed by atoms with Gasteiger partial charge in [-0.3, -0.25) is 0 Å². The number of aromatic nitrogens is 2. The fourth-order valence-electron chi connectivity index (χ4n) is 7.38. The minimum absolute atomic E-state index is 0.0838. The van der Waals surface area contributed by atoms with E-state index in [-0.39, 0.29) is 34.3 Å². The van der Waals surface area contributed by atoms with E-state index < -0.39 is 11.9 Å². The number of nitrogens with zero attached hydrogens (tertiary/aromatic N) is 2. The first-order valence-corrected chi connectivity index (χ1v) is 16.0. The van der Waals surface area contributed by atoms with Crippen LogP contribution in [0.2, 0.25) is 0 Å². The van der Waals surface area contributed by atoms with Gasteiger partial charge in [0.05, 0.1) is 22.1 Å². The Morgan fingerprint density at radius 3 is 1.22 bits per heavy atom. The lowest BCUT2D eigenvalue weighted by molar-refractivity contribution is -0.131. The van der Waals surface area contributed by atoms with Crippen molar-refractivity contribution in [2.45, 2.75) is 0 Å². The van der Waals surface area contributed by atoms with Gasteiger partial charge in [0.1, 0.15) is 22.8 Å². The average Bonchev–Trinajstić information content (AvgIpc) is 3.87. The van der Waals surface area contributed by atoms with Crippen LogP contribution in [0, 0.1) is 11.6 Å². The summed E-state index contributed by atoms with van der Waals surface area (Å²) in [4.78, 5) is 27.1. The minimum atomic E-state index is -0.668. The molecule has 10 rings (SSSR count). The number of fused-ring (bicyclic) bond motifs is 7. The summed E-state index contributed by atoms with van der Waals surface area (Å²) in [5.41, 5.74) is 6.45. The number of carbonyl (C=O) groups is 2. The molecule has 8 aromatic rings. The molecule has 0 N–H and O–H groups in total. The summed E-state index contributed by atoms with van der Waals surface area (Å²) in [6.07, 6.45) is 0. The standard InChI is InChI=1S/C42H22F2N2O4/c43-25-11-15-27(16-12-25)45-33-7-3-1-5-29(33)31-21-23(9-19-35(31)45)39-37-38(42(48)49-39)40(50-41(37)47)24-10-20-36-32(22-24)30-6-2-4-8-34(30)46(36)28-17-13-26(44)14-18-28/h1-22H. The minimum Gasteiger partial charge on any atom is -0.421 e. The second-order valence-electron chi connectivity index (χ2n) is 12.3. The van der Waals surface area contributed by atoms with Crippen LogP contribution in [0.5, 0.6) is 0 Å². The quantitative estimate of drug-likeness (QED) is 0.177. The van der Waals surface area contributed by atoms with E-state index in [4.69, 9.17) is 9.47 Å². The molecule has 6 nitrogen and oxygen atoms in total. The molecule has 0 radical (unpaired) electrons. The Balaban J connectivity index is 1.13. The first-order valence-electron chi connectivity index (χ1n) is 16.0. The molecule has 0 fully saturated rings. The van der Waals surface area contributed by atoms with Gasteiger partial charge in [-0.2, -0.15) is 0 Å². The van der Waals surface area contributed by atoms with Crippen LogP contribution in [-0.2, 0) is 19.1 Å². The van der Waals surface area contributed by atoms with Gasteiger partial charge >= 0.3 is 11.9 Å². The molecule has 0 aliphatic carbocycles. The van der Waals surface area contributed by atoms with Crippen molar-refractivity contribution in [3.05, 3.63) is 167 Å². The summed E-state index contributed by atoms with van der Waals surface area (Å²) in [6, 6.07) is 39.6. The molecule has 0 spiro atoms. The lowest BCUT2D eigenvalue weighted by atomic mass is 10.00. The molecule has 2 aromatic heterocycles. The van der Waals surface area contributed by atoms with Crippen LogP contribution < -0.4 is 0 Å². The van der Waals surface area contributed by atoms with E-state index in [0.29, 0.717) is 11.1 Å². The van der Waals surface area contributed by atoms with Crippen molar-refractivity contribution in [3.8, 4) is 11.4 Å². The van der Waals surface area contributed by atoms with Gasteiger partial charge in [0.15, 0.2) is 11.5 Å². The van der Waals surface area contributed by atoms with Crippen LogP contribution in [-0.4, -0.2) is 21.1 Å². The molecule has 6 aromatic carbocycles. The van der Waals surface area contributed by atoms with Crippen molar-refractivity contribution < 1.29 is 27.8 Å². The van der Waals surface area contributed by atoms with Crippen molar-refractivity contribution in [1.82, 2.24) is 9.13 Å². The Hall–Kier alpha value is -6.80. The van der Waals surface area contributed by atoms with Gasteiger partial charge < -0.3 is 18.6 Å². The normalized spacial score (nSPS) is 14.4. The van der Waals surface area contributed by atoms with Gasteiger partial charge in [0, 0.05) is 44.0 Å². The summed E-state index contributed by atoms with van der Waals surface area (Å²) in [6.45, 7) is 0. The maximum absolute atomic E-state index is 13.8. The highest BCUT2D eigenvalue weighted by atomic mass is 19.1. The zero-order valence-electron chi connectivity index (χ0n) is 26.0. The van der Waals surface area contributed by atoms with Crippen molar-refractivity contribution >= 4 is 67.1 Å². The number of hydrogen-bond acceptors (Lipinski definition) is 4. The lowest BCUT2D eigenvalue weighted by Crippen LogP contribution is -2.01. The van der Waals surface area contributed by atoms with Gasteiger partial charge in [-0.1, -0.05) is 36.4 Å². The molecule has 8 heteroatoms. The lowest BCUT2D eigenvalue weighted by Gasteiger charge is -2.09. The number of benzene rings is 6. The SMILES string of the molecule is O=C1OC(c2ccc3c(c2)c2ccccc2n3-c2ccc(F)cc2)=C2C(=O)OC(c3ccc4c(c3)c3ccccc3n4-c3ccc(F)cc3)=C12. The summed E-state index contributed by atoms with van der Waals surface area (Å²) in [7, 11) is 0. The van der Waals surface area contributed by atoms with Crippen LogP contribution in [0.1, 0.15) is 11.1 Å². The maximum atomic E-state index is 13.8. The predicted molar refractivity (Wildman–Crippen MR) is 188 cm³/mol. The molecule has 238 valence electrons. The van der Waals surface area contributed by atoms with Crippen molar-refractivity contribution in [2.75, 3.05) is 0 Å². The topological polar surface area (TPSA) is 62.5 Å². The van der Waals surface area contributed by atoms with Crippen LogP contribution >= 0.6 is 0 Å². The molecule has 50 heavy (non-hydrogen) atoms. The third kappa shape index (κ3) is 3.99. The third-order valence-electron chi connectivity index (χ3n) is 9.54. The van der Waals surface area contributed by atoms with Crippen molar-refractivity contribution in [3.63, 3.8) is 0 Å². The molecule has 2 aliphatic heterocycles. The first-order chi connectivity index (χ1) is 24.4. The fraction of sp³-hybridized carbons (Fsp3) is 0. The Labute approximate surface area is 282 Å². The van der Waals surface area contributed by atoms with E-state index >= 15 is 0 Å². The van der Waals surface area contributed by atoms with Gasteiger partial charge in [-0.05, 0) is 97.1 Å². The molecule has 0 bridgehead atoms. The monoisotopic (exact) mass is 656 g/mol. The molecule has 0 amide bonds. The molecule has 0 saturated heterocycles. The fourth-order valence-corrected chi connectivity index (χ4v) is 7.38.